The van der Waals surface area contributed by atoms with Crippen LogP contribution >= 0.6 is 0 Å². The first-order valence-electron chi connectivity index (χ1n) is 11.9. The van der Waals surface area contributed by atoms with E-state index in [4.69, 9.17) is 0 Å². The predicted octanol–water partition coefficient (Wildman–Crippen LogP) is 3.51. The summed E-state index contributed by atoms with van der Waals surface area (Å²) in [5, 5.41) is 7.38. The molecule has 0 aliphatic carbocycles. The van der Waals surface area contributed by atoms with E-state index in [1.165, 1.54) is 10.9 Å². The molecular formula is C27H30N6O2. The van der Waals surface area contributed by atoms with E-state index < -0.39 is 11.5 Å². The minimum absolute atomic E-state index is 0.0800. The van der Waals surface area contributed by atoms with Gasteiger partial charge in [0.25, 0.3) is 11.5 Å². The molecule has 1 aliphatic heterocycles. The van der Waals surface area contributed by atoms with Crippen LogP contribution in [0.4, 0.5) is 17.1 Å². The van der Waals surface area contributed by atoms with Gasteiger partial charge in [-0.25, -0.2) is 0 Å². The monoisotopic (exact) mass is 470 g/mol. The van der Waals surface area contributed by atoms with E-state index in [1.54, 1.807) is 12.3 Å². The van der Waals surface area contributed by atoms with Gasteiger partial charge >= 0.3 is 0 Å². The van der Waals surface area contributed by atoms with Gasteiger partial charge in [0.1, 0.15) is 5.56 Å². The van der Waals surface area contributed by atoms with Crippen LogP contribution in [0.15, 0.2) is 71.8 Å². The zero-order valence-electron chi connectivity index (χ0n) is 19.8. The van der Waals surface area contributed by atoms with Gasteiger partial charge in [0, 0.05) is 67.4 Å². The number of fused-ring (bicyclic) bond motifs is 1. The summed E-state index contributed by atoms with van der Waals surface area (Å²) in [5.41, 5.74) is 4.18. The molecule has 0 unspecified atom stereocenters. The van der Waals surface area contributed by atoms with Crippen molar-refractivity contribution in [2.24, 2.45) is 0 Å². The van der Waals surface area contributed by atoms with Crippen molar-refractivity contribution in [3.8, 4) is 0 Å². The zero-order chi connectivity index (χ0) is 24.2. The molecule has 8 heteroatoms. The normalized spacial score (nSPS) is 14.3. The van der Waals surface area contributed by atoms with Gasteiger partial charge in [-0.1, -0.05) is 24.3 Å². The van der Waals surface area contributed by atoms with Gasteiger partial charge in [-0.3, -0.25) is 9.59 Å². The Morgan fingerprint density at radius 1 is 1.00 bits per heavy atom. The molecule has 0 saturated carbocycles. The summed E-state index contributed by atoms with van der Waals surface area (Å²) in [7, 11) is 2.12. The molecule has 1 aliphatic rings. The van der Waals surface area contributed by atoms with Crippen molar-refractivity contribution in [2.45, 2.75) is 6.42 Å². The number of hydrogen-bond acceptors (Lipinski definition) is 5. The van der Waals surface area contributed by atoms with Crippen molar-refractivity contribution in [1.29, 1.82) is 0 Å². The highest BCUT2D eigenvalue weighted by Gasteiger charge is 2.18. The van der Waals surface area contributed by atoms with Crippen molar-refractivity contribution < 1.29 is 4.79 Å². The molecule has 1 amide bonds. The van der Waals surface area contributed by atoms with E-state index >= 15 is 0 Å². The van der Waals surface area contributed by atoms with Crippen molar-refractivity contribution in [2.75, 3.05) is 55.3 Å². The SMILES string of the molecule is CN1CCN(c2cccc(NC(=O)c3c(NCCc4c[nH]c5ccccc45)cc[nH]c3=O)c2)CC1. The third kappa shape index (κ3) is 5.07. The summed E-state index contributed by atoms with van der Waals surface area (Å²) in [6.07, 6.45) is 4.32. The van der Waals surface area contributed by atoms with Crippen LogP contribution in [0, 0.1) is 0 Å². The largest absolute Gasteiger partial charge is 0.384 e. The summed E-state index contributed by atoms with van der Waals surface area (Å²) in [4.78, 5) is 36.3. The number of amides is 1. The average molecular weight is 471 g/mol. The molecule has 1 saturated heterocycles. The lowest BCUT2D eigenvalue weighted by atomic mass is 10.1. The number of nitrogens with zero attached hydrogens (tertiary/aromatic N) is 2. The van der Waals surface area contributed by atoms with E-state index in [9.17, 15) is 9.59 Å². The Hall–Kier alpha value is -4.04. The van der Waals surface area contributed by atoms with Crippen LogP contribution in [0.5, 0.6) is 0 Å². The molecule has 5 rings (SSSR count). The van der Waals surface area contributed by atoms with Gasteiger partial charge in [0.15, 0.2) is 0 Å². The number of anilines is 3. The molecule has 4 N–H and O–H groups in total. The van der Waals surface area contributed by atoms with Gasteiger partial charge in [0.2, 0.25) is 0 Å². The summed E-state index contributed by atoms with van der Waals surface area (Å²) >= 11 is 0. The molecule has 2 aromatic heterocycles. The standard InChI is InChI=1S/C27H30N6O2/c1-32-13-15-33(16-14-32)21-6-4-5-20(17-21)31-27(35)25-24(10-12-29-26(25)34)28-11-9-19-18-30-23-8-3-2-7-22(19)23/h2-8,10,12,17-18,30H,9,11,13-16H2,1H3,(H,31,35)(H2,28,29,34). The Morgan fingerprint density at radius 3 is 2.69 bits per heavy atom. The third-order valence-corrected chi connectivity index (χ3v) is 6.55. The van der Waals surface area contributed by atoms with Crippen LogP contribution in [0.25, 0.3) is 10.9 Å². The van der Waals surface area contributed by atoms with E-state index in [0.717, 1.165) is 43.8 Å². The van der Waals surface area contributed by atoms with Crippen LogP contribution in [-0.4, -0.2) is 60.5 Å². The van der Waals surface area contributed by atoms with E-state index in [-0.39, 0.29) is 5.56 Å². The van der Waals surface area contributed by atoms with Crippen LogP contribution in [0.3, 0.4) is 0 Å². The number of H-pyrrole nitrogens is 2. The van der Waals surface area contributed by atoms with Gasteiger partial charge in [0.05, 0.1) is 5.69 Å². The molecule has 180 valence electrons. The number of aromatic nitrogens is 2. The quantitative estimate of drug-likeness (QED) is 0.332. The van der Waals surface area contributed by atoms with Crippen LogP contribution in [-0.2, 0) is 6.42 Å². The molecule has 8 nitrogen and oxygen atoms in total. The Labute approximate surface area is 204 Å². The molecule has 35 heavy (non-hydrogen) atoms. The fraction of sp³-hybridized carbons (Fsp3) is 0.259. The number of aromatic amines is 2. The number of likely N-dealkylation sites (N-methyl/N-ethyl adjacent to an activating group) is 1. The number of hydrogen-bond donors (Lipinski definition) is 4. The molecule has 1 fully saturated rings. The Kier molecular flexibility index (Phi) is 6.54. The lowest BCUT2D eigenvalue weighted by Gasteiger charge is -2.34. The Bertz CT molecular complexity index is 1380. The number of benzene rings is 2. The molecule has 4 aromatic rings. The number of piperazine rings is 1. The topological polar surface area (TPSA) is 96.3 Å². The second-order valence-corrected chi connectivity index (χ2v) is 8.93. The van der Waals surface area contributed by atoms with Crippen molar-refractivity contribution in [1.82, 2.24) is 14.9 Å². The minimum atomic E-state index is -0.433. The molecule has 3 heterocycles. The number of nitrogens with one attached hydrogen (secondary N) is 4. The number of rotatable bonds is 7. The first kappa shape index (κ1) is 22.7. The molecule has 2 aromatic carbocycles. The lowest BCUT2D eigenvalue weighted by molar-refractivity contribution is 0.102. The number of pyridine rings is 1. The minimum Gasteiger partial charge on any atom is -0.384 e. The van der Waals surface area contributed by atoms with Crippen LogP contribution < -0.4 is 21.1 Å². The van der Waals surface area contributed by atoms with E-state index in [0.29, 0.717) is 17.9 Å². The number of para-hydroxylation sites is 1. The fourth-order valence-electron chi connectivity index (χ4n) is 4.56. The zero-order valence-corrected chi connectivity index (χ0v) is 19.8. The van der Waals surface area contributed by atoms with Gasteiger partial charge in [-0.05, 0) is 49.4 Å². The van der Waals surface area contributed by atoms with Gasteiger partial charge in [-0.2, -0.15) is 0 Å². The maximum Gasteiger partial charge on any atom is 0.263 e. The molecular weight excluding hydrogens is 440 g/mol. The average Bonchev–Trinajstić information content (AvgIpc) is 3.28. The molecule has 0 bridgehead atoms. The Morgan fingerprint density at radius 2 is 1.83 bits per heavy atom. The highest BCUT2D eigenvalue weighted by Crippen LogP contribution is 2.22. The summed E-state index contributed by atoms with van der Waals surface area (Å²) in [6.45, 7) is 4.48. The second-order valence-electron chi connectivity index (χ2n) is 8.93. The van der Waals surface area contributed by atoms with Crippen LogP contribution in [0.1, 0.15) is 15.9 Å². The summed E-state index contributed by atoms with van der Waals surface area (Å²) in [5.74, 6) is -0.433. The first-order valence-corrected chi connectivity index (χ1v) is 11.9. The van der Waals surface area contributed by atoms with Crippen LogP contribution in [0.2, 0.25) is 0 Å². The van der Waals surface area contributed by atoms with E-state index in [2.05, 4.69) is 43.5 Å². The summed E-state index contributed by atoms with van der Waals surface area (Å²) in [6, 6.07) is 17.7. The number of carbonyl (C=O) groups excluding carboxylic acids is 1. The highest BCUT2D eigenvalue weighted by atomic mass is 16.2. The highest BCUT2D eigenvalue weighted by molar-refractivity contribution is 6.07. The van der Waals surface area contributed by atoms with Crippen molar-refractivity contribution >= 4 is 33.9 Å². The molecule has 0 spiro atoms. The molecule has 0 atom stereocenters. The second kappa shape index (κ2) is 10.1. The van der Waals surface area contributed by atoms with Crippen molar-refractivity contribution in [3.05, 3.63) is 88.5 Å². The van der Waals surface area contributed by atoms with Gasteiger partial charge in [-0.15, -0.1) is 0 Å². The smallest absolute Gasteiger partial charge is 0.263 e. The van der Waals surface area contributed by atoms with Crippen molar-refractivity contribution in [3.63, 3.8) is 0 Å². The maximum absolute atomic E-state index is 13.2. The van der Waals surface area contributed by atoms with E-state index in [1.807, 2.05) is 48.7 Å². The fourth-order valence-corrected chi connectivity index (χ4v) is 4.56. The summed E-state index contributed by atoms with van der Waals surface area (Å²) < 4.78 is 0. The first-order chi connectivity index (χ1) is 17.1. The lowest BCUT2D eigenvalue weighted by Crippen LogP contribution is -2.44. The van der Waals surface area contributed by atoms with Gasteiger partial charge < -0.3 is 30.4 Å². The Balaban J connectivity index is 1.28. The third-order valence-electron chi connectivity index (χ3n) is 6.55. The molecule has 0 radical (unpaired) electrons. The predicted molar refractivity (Wildman–Crippen MR) is 142 cm³/mol. The number of carbonyl (C=O) groups is 1. The maximum atomic E-state index is 13.2.